The lowest BCUT2D eigenvalue weighted by molar-refractivity contribution is 0.467. The summed E-state index contributed by atoms with van der Waals surface area (Å²) >= 11 is 0. The number of aromatic hydroxyl groups is 1. The van der Waals surface area contributed by atoms with Crippen LogP contribution in [0.5, 0.6) is 5.75 Å². The van der Waals surface area contributed by atoms with Crippen LogP contribution in [0.25, 0.3) is 0 Å². The topological polar surface area (TPSA) is 69.6 Å². The number of fused-ring (bicyclic) bond motifs is 1. The molecule has 0 aliphatic carbocycles. The van der Waals surface area contributed by atoms with Gasteiger partial charge in [0.25, 0.3) is 0 Å². The molecule has 0 fully saturated rings. The third-order valence-electron chi connectivity index (χ3n) is 3.81. The third kappa shape index (κ3) is 3.24. The number of benzene rings is 1. The highest BCUT2D eigenvalue weighted by Gasteiger charge is 2.24. The number of para-hydroxylation sites is 1. The monoisotopic (exact) mass is 298 g/mol. The van der Waals surface area contributed by atoms with E-state index >= 15 is 0 Å². The van der Waals surface area contributed by atoms with Crippen LogP contribution in [0, 0.1) is 0 Å². The lowest BCUT2D eigenvalue weighted by Gasteiger charge is -2.35. The minimum absolute atomic E-state index is 0.0892. The third-order valence-corrected chi connectivity index (χ3v) is 5.21. The molecule has 2 N–H and O–H groups in total. The molecule has 2 rings (SSSR count). The molecular weight excluding hydrogens is 276 g/mol. The summed E-state index contributed by atoms with van der Waals surface area (Å²) in [6.07, 6.45) is 1.01. The number of hydrogen-bond donors (Lipinski definition) is 2. The summed E-state index contributed by atoms with van der Waals surface area (Å²) in [5.41, 5.74) is 1.98. The van der Waals surface area contributed by atoms with Gasteiger partial charge in [-0.2, -0.15) is 0 Å². The van der Waals surface area contributed by atoms with Crippen molar-refractivity contribution in [2.45, 2.75) is 26.2 Å². The van der Waals surface area contributed by atoms with E-state index in [-0.39, 0.29) is 11.5 Å². The summed E-state index contributed by atoms with van der Waals surface area (Å²) in [5, 5.41) is 10.1. The van der Waals surface area contributed by atoms with E-state index in [1.54, 1.807) is 13.0 Å². The molecule has 0 saturated heterocycles. The molecule has 112 valence electrons. The van der Waals surface area contributed by atoms with Crippen LogP contribution < -0.4 is 9.62 Å². The standard InChI is InChI=1S/C14H22N2O3S/c1-3-20(18,19)15-8-10-16-9-7-11(2)12-5-4-6-13(17)14(12)16/h4-6,11,15,17H,3,7-10H2,1-2H3. The molecule has 0 radical (unpaired) electrons. The molecule has 0 aromatic heterocycles. The summed E-state index contributed by atoms with van der Waals surface area (Å²) in [7, 11) is -3.16. The molecule has 1 aliphatic heterocycles. The predicted octanol–water partition coefficient (Wildman–Crippen LogP) is 1.65. The van der Waals surface area contributed by atoms with Gasteiger partial charge in [0.2, 0.25) is 10.0 Å². The van der Waals surface area contributed by atoms with Gasteiger partial charge in [0.05, 0.1) is 11.4 Å². The van der Waals surface area contributed by atoms with Gasteiger partial charge in [-0.05, 0) is 30.9 Å². The fourth-order valence-electron chi connectivity index (χ4n) is 2.57. The van der Waals surface area contributed by atoms with Gasteiger partial charge in [-0.3, -0.25) is 0 Å². The van der Waals surface area contributed by atoms with Crippen LogP contribution in [-0.4, -0.2) is 38.9 Å². The van der Waals surface area contributed by atoms with E-state index < -0.39 is 10.0 Å². The van der Waals surface area contributed by atoms with E-state index in [0.717, 1.165) is 24.2 Å². The zero-order chi connectivity index (χ0) is 14.8. The average Bonchev–Trinajstić information content (AvgIpc) is 2.42. The number of hydrogen-bond acceptors (Lipinski definition) is 4. The Morgan fingerprint density at radius 1 is 1.45 bits per heavy atom. The van der Waals surface area contributed by atoms with Crippen LogP contribution in [0.3, 0.4) is 0 Å². The number of nitrogens with one attached hydrogen (secondary N) is 1. The highest BCUT2D eigenvalue weighted by atomic mass is 32.2. The molecule has 0 spiro atoms. The fourth-order valence-corrected chi connectivity index (χ4v) is 3.18. The highest BCUT2D eigenvalue weighted by Crippen LogP contribution is 2.40. The maximum absolute atomic E-state index is 11.4. The minimum Gasteiger partial charge on any atom is -0.506 e. The molecule has 5 nitrogen and oxygen atoms in total. The first kappa shape index (κ1) is 15.1. The Morgan fingerprint density at radius 3 is 2.90 bits per heavy atom. The van der Waals surface area contributed by atoms with Crippen LogP contribution in [0.4, 0.5) is 5.69 Å². The Hall–Kier alpha value is -1.27. The van der Waals surface area contributed by atoms with Crippen molar-refractivity contribution in [2.75, 3.05) is 30.3 Å². The van der Waals surface area contributed by atoms with Crippen molar-refractivity contribution in [3.63, 3.8) is 0 Å². The van der Waals surface area contributed by atoms with Gasteiger partial charge in [-0.1, -0.05) is 19.1 Å². The summed E-state index contributed by atoms with van der Waals surface area (Å²) in [4.78, 5) is 2.06. The number of anilines is 1. The Labute approximate surface area is 120 Å². The van der Waals surface area contributed by atoms with Crippen LogP contribution in [-0.2, 0) is 10.0 Å². The molecular formula is C14H22N2O3S. The molecule has 1 unspecified atom stereocenters. The number of nitrogens with zero attached hydrogens (tertiary/aromatic N) is 1. The summed E-state index contributed by atoms with van der Waals surface area (Å²) in [5.74, 6) is 0.777. The molecule has 1 aromatic rings. The highest BCUT2D eigenvalue weighted by molar-refractivity contribution is 7.89. The van der Waals surface area contributed by atoms with Crippen LogP contribution in [0.15, 0.2) is 18.2 Å². The first-order valence-corrected chi connectivity index (χ1v) is 8.64. The lowest BCUT2D eigenvalue weighted by Crippen LogP contribution is -2.38. The largest absolute Gasteiger partial charge is 0.506 e. The van der Waals surface area contributed by atoms with Crippen molar-refractivity contribution in [3.05, 3.63) is 23.8 Å². The predicted molar refractivity (Wildman–Crippen MR) is 80.8 cm³/mol. The first-order chi connectivity index (χ1) is 9.44. The molecule has 0 bridgehead atoms. The van der Waals surface area contributed by atoms with E-state index in [4.69, 9.17) is 0 Å². The van der Waals surface area contributed by atoms with E-state index in [1.807, 2.05) is 12.1 Å². The quantitative estimate of drug-likeness (QED) is 0.867. The Kier molecular flexibility index (Phi) is 4.55. The molecule has 20 heavy (non-hydrogen) atoms. The molecule has 1 heterocycles. The fraction of sp³-hybridized carbons (Fsp3) is 0.571. The number of phenolic OH excluding ortho intramolecular Hbond substituents is 1. The van der Waals surface area contributed by atoms with E-state index in [2.05, 4.69) is 16.5 Å². The zero-order valence-electron chi connectivity index (χ0n) is 12.0. The van der Waals surface area contributed by atoms with Crippen molar-refractivity contribution < 1.29 is 13.5 Å². The van der Waals surface area contributed by atoms with Gasteiger partial charge >= 0.3 is 0 Å². The molecule has 1 aliphatic rings. The molecule has 1 aromatic carbocycles. The molecule has 0 amide bonds. The van der Waals surface area contributed by atoms with Crippen LogP contribution in [0.1, 0.15) is 31.7 Å². The number of rotatable bonds is 5. The molecule has 0 saturated carbocycles. The molecule has 6 heteroatoms. The van der Waals surface area contributed by atoms with Crippen molar-refractivity contribution in [1.29, 1.82) is 0 Å². The number of sulfonamides is 1. The van der Waals surface area contributed by atoms with Crippen molar-refractivity contribution in [3.8, 4) is 5.75 Å². The van der Waals surface area contributed by atoms with Crippen LogP contribution >= 0.6 is 0 Å². The summed E-state index contributed by atoms with van der Waals surface area (Å²) < 4.78 is 25.4. The SMILES string of the molecule is CCS(=O)(=O)NCCN1CCC(C)c2cccc(O)c21. The van der Waals surface area contributed by atoms with Crippen molar-refractivity contribution >= 4 is 15.7 Å². The van der Waals surface area contributed by atoms with E-state index in [1.165, 1.54) is 0 Å². The smallest absolute Gasteiger partial charge is 0.211 e. The second-order valence-corrected chi connectivity index (χ2v) is 7.29. The average molecular weight is 298 g/mol. The van der Waals surface area contributed by atoms with Crippen molar-refractivity contribution in [1.82, 2.24) is 4.72 Å². The minimum atomic E-state index is -3.16. The van der Waals surface area contributed by atoms with Gasteiger partial charge in [0.1, 0.15) is 5.75 Å². The van der Waals surface area contributed by atoms with Gasteiger partial charge in [-0.15, -0.1) is 0 Å². The van der Waals surface area contributed by atoms with Gasteiger partial charge < -0.3 is 10.0 Å². The van der Waals surface area contributed by atoms with Gasteiger partial charge in [0, 0.05) is 19.6 Å². The lowest BCUT2D eigenvalue weighted by atomic mass is 9.91. The van der Waals surface area contributed by atoms with Crippen LogP contribution in [0.2, 0.25) is 0 Å². The zero-order valence-corrected chi connectivity index (χ0v) is 12.8. The Balaban J connectivity index is 2.10. The normalized spacial score (nSPS) is 18.9. The number of phenols is 1. The van der Waals surface area contributed by atoms with Gasteiger partial charge in [0.15, 0.2) is 0 Å². The van der Waals surface area contributed by atoms with Gasteiger partial charge in [-0.25, -0.2) is 13.1 Å². The summed E-state index contributed by atoms with van der Waals surface area (Å²) in [6, 6.07) is 5.57. The first-order valence-electron chi connectivity index (χ1n) is 6.98. The second kappa shape index (κ2) is 6.01. The second-order valence-electron chi connectivity index (χ2n) is 5.19. The van der Waals surface area contributed by atoms with Crippen molar-refractivity contribution in [2.24, 2.45) is 0 Å². The van der Waals surface area contributed by atoms with E-state index in [9.17, 15) is 13.5 Å². The Morgan fingerprint density at radius 2 is 2.20 bits per heavy atom. The van der Waals surface area contributed by atoms with E-state index in [0.29, 0.717) is 19.0 Å². The molecule has 1 atom stereocenters. The maximum Gasteiger partial charge on any atom is 0.211 e. The maximum atomic E-state index is 11.4. The Bertz CT molecular complexity index is 572. The summed E-state index contributed by atoms with van der Waals surface area (Å²) in [6.45, 7) is 5.52.